The number of rotatable bonds is 1. The Hall–Kier alpha value is -2.08. The molecule has 0 fully saturated rings. The van der Waals surface area contributed by atoms with Crippen LogP contribution in [0.3, 0.4) is 0 Å². The summed E-state index contributed by atoms with van der Waals surface area (Å²) in [5.74, 6) is 3.29. The van der Waals surface area contributed by atoms with Crippen molar-refractivity contribution in [3.8, 4) is 12.3 Å². The van der Waals surface area contributed by atoms with E-state index in [0.29, 0.717) is 13.1 Å². The molecule has 1 aromatic carbocycles. The molecule has 0 saturated carbocycles. The highest BCUT2D eigenvalue weighted by Crippen LogP contribution is 2.14. The van der Waals surface area contributed by atoms with Crippen LogP contribution in [0, 0.1) is 12.3 Å². The van der Waals surface area contributed by atoms with E-state index >= 15 is 0 Å². The van der Waals surface area contributed by atoms with E-state index in [1.165, 1.54) is 0 Å². The van der Waals surface area contributed by atoms with Crippen LogP contribution in [0.1, 0.15) is 5.56 Å². The molecule has 1 aliphatic heterocycles. The van der Waals surface area contributed by atoms with E-state index in [0.717, 1.165) is 17.1 Å². The molecule has 0 spiro atoms. The van der Waals surface area contributed by atoms with E-state index in [2.05, 4.69) is 21.2 Å². The largest absolute Gasteiger partial charge is 0.342 e. The first kappa shape index (κ1) is 9.47. The molecule has 0 radical (unpaired) electrons. The Morgan fingerprint density at radius 3 is 3.20 bits per heavy atom. The molecule has 1 N–H and O–H groups in total. The van der Waals surface area contributed by atoms with Gasteiger partial charge in [-0.2, -0.15) is 0 Å². The molecule has 1 aliphatic rings. The number of benzodiazepines with no additional fused rings is 1. The summed E-state index contributed by atoms with van der Waals surface area (Å²) in [6.45, 7) is 0.941. The second-order valence-corrected chi connectivity index (χ2v) is 3.15. The zero-order chi connectivity index (χ0) is 10.5. The minimum Gasteiger partial charge on any atom is -0.342 e. The van der Waals surface area contributed by atoms with Crippen molar-refractivity contribution in [1.82, 2.24) is 0 Å². The Morgan fingerprint density at radius 1 is 1.47 bits per heavy atom. The maximum absolute atomic E-state index is 5.16. The number of benzene rings is 1. The van der Waals surface area contributed by atoms with Crippen LogP contribution in [-0.2, 0) is 0 Å². The van der Waals surface area contributed by atoms with Crippen LogP contribution >= 0.6 is 0 Å². The minimum atomic E-state index is 0.389. The predicted molar refractivity (Wildman–Crippen MR) is 63.7 cm³/mol. The van der Waals surface area contributed by atoms with Crippen LogP contribution in [-0.4, -0.2) is 25.1 Å². The summed E-state index contributed by atoms with van der Waals surface area (Å²) in [7, 11) is 0. The van der Waals surface area contributed by atoms with Gasteiger partial charge in [0.1, 0.15) is 12.4 Å². The third-order valence-electron chi connectivity index (χ3n) is 2.07. The summed E-state index contributed by atoms with van der Waals surface area (Å²) in [5.41, 5.74) is 2.10. The van der Waals surface area contributed by atoms with Gasteiger partial charge in [0.05, 0.1) is 6.54 Å². The van der Waals surface area contributed by atoms with Gasteiger partial charge in [-0.3, -0.25) is 9.98 Å². The zero-order valence-corrected chi connectivity index (χ0v) is 8.27. The van der Waals surface area contributed by atoms with Crippen LogP contribution in [0.25, 0.3) is 0 Å². The summed E-state index contributed by atoms with van der Waals surface area (Å²) in [6.07, 6.45) is 7.00. The fourth-order valence-electron chi connectivity index (χ4n) is 1.38. The maximum Gasteiger partial charge on any atom is 0.124 e. The fraction of sp³-hybridized carbons (Fsp3) is 0.167. The average molecular weight is 197 g/mol. The Morgan fingerprint density at radius 2 is 2.33 bits per heavy atom. The first-order valence-corrected chi connectivity index (χ1v) is 4.73. The van der Waals surface area contributed by atoms with E-state index in [4.69, 9.17) is 6.42 Å². The number of fused-ring (bicyclic) bond motifs is 1. The Kier molecular flexibility index (Phi) is 2.80. The number of amidine groups is 1. The first-order valence-electron chi connectivity index (χ1n) is 4.73. The van der Waals surface area contributed by atoms with Gasteiger partial charge in [0.15, 0.2) is 0 Å². The highest BCUT2D eigenvalue weighted by atomic mass is 15.0. The molecule has 0 bridgehead atoms. The van der Waals surface area contributed by atoms with Crippen molar-refractivity contribution in [3.63, 3.8) is 0 Å². The number of para-hydroxylation sites is 1. The number of nitrogens with one attached hydrogen (secondary N) is 1. The van der Waals surface area contributed by atoms with Crippen molar-refractivity contribution in [3.05, 3.63) is 29.8 Å². The molecule has 1 heterocycles. The molecule has 0 unspecified atom stereocenters. The van der Waals surface area contributed by atoms with Gasteiger partial charge >= 0.3 is 0 Å². The molecule has 1 aromatic rings. The van der Waals surface area contributed by atoms with Gasteiger partial charge < -0.3 is 5.32 Å². The van der Waals surface area contributed by atoms with Crippen molar-refractivity contribution >= 4 is 17.7 Å². The van der Waals surface area contributed by atoms with Crippen LogP contribution in [0.5, 0.6) is 0 Å². The highest BCUT2D eigenvalue weighted by Gasteiger charge is 2.06. The number of terminal acetylenes is 1. The van der Waals surface area contributed by atoms with Crippen LogP contribution in [0.4, 0.5) is 5.69 Å². The van der Waals surface area contributed by atoms with Crippen molar-refractivity contribution in [2.75, 3.05) is 18.4 Å². The monoisotopic (exact) mass is 197 g/mol. The molecule has 0 amide bonds. The van der Waals surface area contributed by atoms with E-state index in [9.17, 15) is 0 Å². The number of hydrogen-bond donors (Lipinski definition) is 1. The Balaban J connectivity index is 2.28. The Labute approximate surface area is 89.0 Å². The first-order chi connectivity index (χ1) is 7.40. The number of anilines is 1. The van der Waals surface area contributed by atoms with Gasteiger partial charge in [0.25, 0.3) is 0 Å². The van der Waals surface area contributed by atoms with Gasteiger partial charge in [-0.25, -0.2) is 0 Å². The summed E-state index contributed by atoms with van der Waals surface area (Å²) >= 11 is 0. The quantitative estimate of drug-likeness (QED) is 0.681. The molecule has 74 valence electrons. The lowest BCUT2D eigenvalue weighted by molar-refractivity contribution is 1.21. The molecule has 3 heteroatoms. The molecule has 0 aliphatic carbocycles. The van der Waals surface area contributed by atoms with Gasteiger partial charge in [-0.05, 0) is 6.07 Å². The molecule has 2 rings (SSSR count). The summed E-state index contributed by atoms with van der Waals surface area (Å²) in [5, 5.41) is 3.22. The van der Waals surface area contributed by atoms with Crippen molar-refractivity contribution in [1.29, 1.82) is 0 Å². The summed E-state index contributed by atoms with van der Waals surface area (Å²) < 4.78 is 0. The van der Waals surface area contributed by atoms with Crippen LogP contribution < -0.4 is 5.32 Å². The van der Waals surface area contributed by atoms with Crippen molar-refractivity contribution in [2.45, 2.75) is 0 Å². The molecular weight excluding hydrogens is 186 g/mol. The Bertz CT molecular complexity index is 452. The zero-order valence-electron chi connectivity index (χ0n) is 8.27. The van der Waals surface area contributed by atoms with E-state index in [1.54, 1.807) is 0 Å². The molecular formula is C12H11N3. The molecule has 15 heavy (non-hydrogen) atoms. The molecule has 0 saturated heterocycles. The van der Waals surface area contributed by atoms with E-state index < -0.39 is 0 Å². The normalized spacial score (nSPS) is 16.3. The van der Waals surface area contributed by atoms with E-state index in [1.807, 2.05) is 30.5 Å². The average Bonchev–Trinajstić information content (AvgIpc) is 2.47. The maximum atomic E-state index is 5.16. The van der Waals surface area contributed by atoms with Gasteiger partial charge in [-0.15, -0.1) is 6.42 Å². The number of nitrogens with zero attached hydrogens (tertiary/aromatic N) is 2. The lowest BCUT2D eigenvalue weighted by Gasteiger charge is -2.06. The van der Waals surface area contributed by atoms with Gasteiger partial charge in [0.2, 0.25) is 0 Å². The van der Waals surface area contributed by atoms with Gasteiger partial charge in [0, 0.05) is 17.5 Å². The fourth-order valence-corrected chi connectivity index (χ4v) is 1.38. The summed E-state index contributed by atoms with van der Waals surface area (Å²) in [4.78, 5) is 8.48. The standard InChI is InChI=1S/C12H11N3/c1-2-7-14-12-9-13-8-10-5-3-4-6-11(10)15-12/h1,3-6,8H,7,9H2,(H,14,15). The predicted octanol–water partition coefficient (Wildman–Crippen LogP) is 1.56. The van der Waals surface area contributed by atoms with Gasteiger partial charge in [-0.1, -0.05) is 24.1 Å². The SMILES string of the molecule is C#CCN=C1CN=Cc2ccccc2N1. The lowest BCUT2D eigenvalue weighted by atomic mass is 10.2. The van der Waals surface area contributed by atoms with Crippen molar-refractivity contribution < 1.29 is 0 Å². The minimum absolute atomic E-state index is 0.389. The van der Waals surface area contributed by atoms with Crippen LogP contribution in [0.2, 0.25) is 0 Å². The molecule has 3 nitrogen and oxygen atoms in total. The number of aliphatic imine (C=N–C) groups is 2. The second kappa shape index (κ2) is 4.43. The topological polar surface area (TPSA) is 36.8 Å². The summed E-state index contributed by atoms with van der Waals surface area (Å²) in [6, 6.07) is 7.97. The van der Waals surface area contributed by atoms with Crippen molar-refractivity contribution in [2.24, 2.45) is 9.98 Å². The van der Waals surface area contributed by atoms with Crippen LogP contribution in [0.15, 0.2) is 34.3 Å². The van der Waals surface area contributed by atoms with E-state index in [-0.39, 0.29) is 0 Å². The highest BCUT2D eigenvalue weighted by molar-refractivity contribution is 6.04. The second-order valence-electron chi connectivity index (χ2n) is 3.15. The smallest absolute Gasteiger partial charge is 0.124 e. The molecule has 0 atom stereocenters. The lowest BCUT2D eigenvalue weighted by Crippen LogP contribution is -2.15. The number of hydrogen-bond acceptors (Lipinski definition) is 2. The third-order valence-corrected chi connectivity index (χ3v) is 2.07. The molecule has 0 aromatic heterocycles. The third kappa shape index (κ3) is 2.23.